The van der Waals surface area contributed by atoms with E-state index in [0.29, 0.717) is 13.1 Å². The normalized spacial score (nSPS) is 20.6. The van der Waals surface area contributed by atoms with E-state index in [1.807, 2.05) is 27.7 Å². The number of morpholine rings is 1. The first-order valence-corrected chi connectivity index (χ1v) is 10.8. The van der Waals surface area contributed by atoms with Gasteiger partial charge in [0.2, 0.25) is 10.0 Å². The van der Waals surface area contributed by atoms with Crippen molar-refractivity contribution in [3.05, 3.63) is 29.8 Å². The third-order valence-electron chi connectivity index (χ3n) is 4.54. The molecule has 0 saturated carbocycles. The molecular formula is C19H28N2O6S. The maximum absolute atomic E-state index is 12.9. The highest BCUT2D eigenvalue weighted by atomic mass is 32.2. The van der Waals surface area contributed by atoms with Crippen LogP contribution in [0.2, 0.25) is 0 Å². The molecule has 0 unspecified atom stereocenters. The average Bonchev–Trinajstić information content (AvgIpc) is 2.66. The molecule has 8 nitrogen and oxygen atoms in total. The Morgan fingerprint density at radius 2 is 1.79 bits per heavy atom. The van der Waals surface area contributed by atoms with E-state index in [1.54, 1.807) is 4.90 Å². The lowest BCUT2D eigenvalue weighted by Crippen LogP contribution is -2.48. The van der Waals surface area contributed by atoms with E-state index in [0.717, 1.165) is 0 Å². The van der Waals surface area contributed by atoms with E-state index in [2.05, 4.69) is 0 Å². The van der Waals surface area contributed by atoms with Crippen LogP contribution < -0.4 is 0 Å². The van der Waals surface area contributed by atoms with Gasteiger partial charge in [0.25, 0.3) is 5.91 Å². The number of ether oxygens (including phenoxy) is 2. The summed E-state index contributed by atoms with van der Waals surface area (Å²) in [6.45, 7) is 8.48. The van der Waals surface area contributed by atoms with Crippen molar-refractivity contribution in [1.29, 1.82) is 0 Å². The number of hydrogen-bond donors (Lipinski definition) is 0. The minimum absolute atomic E-state index is 0.0123. The lowest BCUT2D eigenvalue weighted by molar-refractivity contribution is -0.134. The van der Waals surface area contributed by atoms with E-state index in [-0.39, 0.29) is 48.3 Å². The van der Waals surface area contributed by atoms with E-state index < -0.39 is 16.0 Å². The topological polar surface area (TPSA) is 93.2 Å². The van der Waals surface area contributed by atoms with Crippen LogP contribution in [0, 0.1) is 0 Å². The number of hydrogen-bond acceptors (Lipinski definition) is 6. The molecule has 0 aromatic heterocycles. The lowest BCUT2D eigenvalue weighted by atomic mass is 10.2. The Balaban J connectivity index is 2.12. The Kier molecular flexibility index (Phi) is 7.56. The van der Waals surface area contributed by atoms with Crippen LogP contribution in [0.15, 0.2) is 29.2 Å². The summed E-state index contributed by atoms with van der Waals surface area (Å²) < 4.78 is 37.9. The van der Waals surface area contributed by atoms with Crippen molar-refractivity contribution >= 4 is 21.9 Å². The molecule has 1 aliphatic rings. The molecule has 0 N–H and O–H groups in total. The van der Waals surface area contributed by atoms with Gasteiger partial charge in [-0.05, 0) is 45.9 Å². The molecule has 1 aromatic rings. The van der Waals surface area contributed by atoms with Crippen molar-refractivity contribution in [2.45, 2.75) is 44.8 Å². The summed E-state index contributed by atoms with van der Waals surface area (Å²) in [6.07, 6.45) is -0.421. The molecule has 156 valence electrons. The van der Waals surface area contributed by atoms with Gasteiger partial charge in [-0.25, -0.2) is 13.2 Å². The molecular weight excluding hydrogens is 384 g/mol. The number of esters is 1. The second kappa shape index (κ2) is 9.49. The van der Waals surface area contributed by atoms with Gasteiger partial charge < -0.3 is 14.4 Å². The van der Waals surface area contributed by atoms with Gasteiger partial charge in [-0.2, -0.15) is 4.31 Å². The van der Waals surface area contributed by atoms with Gasteiger partial charge in [0, 0.05) is 26.2 Å². The van der Waals surface area contributed by atoms with Crippen molar-refractivity contribution in [2.24, 2.45) is 0 Å². The summed E-state index contributed by atoms with van der Waals surface area (Å²) in [7, 11) is -3.77. The number of sulfonamides is 1. The first-order chi connectivity index (χ1) is 13.2. The van der Waals surface area contributed by atoms with E-state index in [9.17, 15) is 18.0 Å². The maximum Gasteiger partial charge on any atom is 0.338 e. The van der Waals surface area contributed by atoms with E-state index in [4.69, 9.17) is 9.47 Å². The molecule has 1 aromatic carbocycles. The summed E-state index contributed by atoms with van der Waals surface area (Å²) in [4.78, 5) is 25.8. The van der Waals surface area contributed by atoms with Crippen LogP contribution in [0.1, 0.15) is 38.1 Å². The van der Waals surface area contributed by atoms with Gasteiger partial charge in [0.15, 0.2) is 6.61 Å². The van der Waals surface area contributed by atoms with Crippen LogP contribution in [0.4, 0.5) is 0 Å². The Labute approximate surface area is 166 Å². The molecule has 0 bridgehead atoms. The highest BCUT2D eigenvalue weighted by molar-refractivity contribution is 7.89. The van der Waals surface area contributed by atoms with Crippen LogP contribution in [0.25, 0.3) is 0 Å². The molecule has 0 aliphatic carbocycles. The summed E-state index contributed by atoms with van der Waals surface area (Å²) in [5.41, 5.74) is 0.0859. The van der Waals surface area contributed by atoms with Gasteiger partial charge in [0.05, 0.1) is 22.7 Å². The Bertz CT molecular complexity index is 796. The van der Waals surface area contributed by atoms with Crippen molar-refractivity contribution in [3.8, 4) is 0 Å². The van der Waals surface area contributed by atoms with Crippen molar-refractivity contribution in [2.75, 3.05) is 32.8 Å². The Morgan fingerprint density at radius 1 is 1.18 bits per heavy atom. The number of benzene rings is 1. The van der Waals surface area contributed by atoms with Crippen molar-refractivity contribution in [3.63, 3.8) is 0 Å². The Morgan fingerprint density at radius 3 is 2.36 bits per heavy atom. The monoisotopic (exact) mass is 412 g/mol. The number of amides is 1. The van der Waals surface area contributed by atoms with Crippen LogP contribution >= 0.6 is 0 Å². The smallest absolute Gasteiger partial charge is 0.338 e. The van der Waals surface area contributed by atoms with Crippen LogP contribution in [0.3, 0.4) is 0 Å². The fourth-order valence-electron chi connectivity index (χ4n) is 3.14. The molecule has 0 spiro atoms. The zero-order valence-electron chi connectivity index (χ0n) is 16.8. The molecule has 2 atom stereocenters. The number of nitrogens with zero attached hydrogens (tertiary/aromatic N) is 2. The lowest BCUT2D eigenvalue weighted by Gasteiger charge is -2.34. The summed E-state index contributed by atoms with van der Waals surface area (Å²) in [6, 6.07) is 5.68. The SMILES string of the molecule is CCN(CC)C(=O)COC(=O)c1cccc(S(=O)(=O)N2C[C@H](C)O[C@@H](C)C2)c1. The second-order valence-corrected chi connectivity index (χ2v) is 8.69. The summed E-state index contributed by atoms with van der Waals surface area (Å²) in [5, 5.41) is 0. The summed E-state index contributed by atoms with van der Waals surface area (Å²) in [5.74, 6) is -1.03. The minimum Gasteiger partial charge on any atom is -0.452 e. The van der Waals surface area contributed by atoms with Crippen molar-refractivity contribution < 1.29 is 27.5 Å². The number of carbonyl (C=O) groups is 2. The molecule has 28 heavy (non-hydrogen) atoms. The van der Waals surface area contributed by atoms with Gasteiger partial charge in [-0.3, -0.25) is 4.79 Å². The first kappa shape index (κ1) is 22.3. The molecule has 1 aliphatic heterocycles. The molecule has 1 amide bonds. The van der Waals surface area contributed by atoms with E-state index >= 15 is 0 Å². The first-order valence-electron chi connectivity index (χ1n) is 9.39. The number of likely N-dealkylation sites (N-methyl/N-ethyl adjacent to an activating group) is 1. The fourth-order valence-corrected chi connectivity index (χ4v) is 4.77. The maximum atomic E-state index is 12.9. The zero-order chi connectivity index (χ0) is 20.9. The third-order valence-corrected chi connectivity index (χ3v) is 6.36. The molecule has 9 heteroatoms. The van der Waals surface area contributed by atoms with Gasteiger partial charge in [-0.1, -0.05) is 6.07 Å². The largest absolute Gasteiger partial charge is 0.452 e. The predicted molar refractivity (Wildman–Crippen MR) is 103 cm³/mol. The van der Waals surface area contributed by atoms with Gasteiger partial charge in [-0.15, -0.1) is 0 Å². The quantitative estimate of drug-likeness (QED) is 0.630. The summed E-state index contributed by atoms with van der Waals surface area (Å²) >= 11 is 0. The third kappa shape index (κ3) is 5.30. The van der Waals surface area contributed by atoms with Crippen molar-refractivity contribution in [1.82, 2.24) is 9.21 Å². The number of rotatable bonds is 7. The molecule has 1 heterocycles. The molecule has 1 fully saturated rings. The zero-order valence-corrected chi connectivity index (χ0v) is 17.6. The molecule has 2 rings (SSSR count). The van der Waals surface area contributed by atoms with Gasteiger partial charge in [0.1, 0.15) is 0 Å². The minimum atomic E-state index is -3.77. The van der Waals surface area contributed by atoms with Crippen LogP contribution in [-0.4, -0.2) is 74.5 Å². The van der Waals surface area contributed by atoms with Crippen LogP contribution in [-0.2, 0) is 24.3 Å². The standard InChI is InChI=1S/C19H28N2O6S/c1-5-20(6-2)18(22)13-26-19(23)16-8-7-9-17(10-16)28(24,25)21-11-14(3)27-15(4)12-21/h7-10,14-15H,5-6,11-13H2,1-4H3/t14-,15-/m0/s1. The highest BCUT2D eigenvalue weighted by Crippen LogP contribution is 2.22. The average molecular weight is 413 g/mol. The highest BCUT2D eigenvalue weighted by Gasteiger charge is 2.32. The fraction of sp³-hybridized carbons (Fsp3) is 0.579. The Hall–Kier alpha value is -1.97. The van der Waals surface area contributed by atoms with E-state index in [1.165, 1.54) is 28.6 Å². The van der Waals surface area contributed by atoms with Gasteiger partial charge >= 0.3 is 5.97 Å². The predicted octanol–water partition coefficient (Wildman–Crippen LogP) is 1.51. The second-order valence-electron chi connectivity index (χ2n) is 6.75. The van der Waals surface area contributed by atoms with Crippen LogP contribution in [0.5, 0.6) is 0 Å². The number of carbonyl (C=O) groups excluding carboxylic acids is 2. The molecule has 0 radical (unpaired) electrons. The molecule has 1 saturated heterocycles.